The molecule has 1 atom stereocenters. The lowest BCUT2D eigenvalue weighted by Crippen LogP contribution is -2.03. The van der Waals surface area contributed by atoms with Gasteiger partial charge in [0.05, 0.1) is 19.1 Å². The fraction of sp³-hybridized carbons (Fsp3) is 0.235. The Morgan fingerprint density at radius 1 is 1.27 bits per heavy atom. The van der Waals surface area contributed by atoms with Crippen LogP contribution in [0.2, 0.25) is 5.15 Å². The maximum Gasteiger partial charge on any atom is 0.280 e. The molecule has 2 aromatic heterocycles. The summed E-state index contributed by atoms with van der Waals surface area (Å²) >= 11 is 5.94. The van der Waals surface area contributed by atoms with Crippen LogP contribution in [-0.4, -0.2) is 32.0 Å². The van der Waals surface area contributed by atoms with Crippen molar-refractivity contribution in [3.05, 3.63) is 52.9 Å². The normalized spacial score (nSPS) is 20.0. The van der Waals surface area contributed by atoms with Crippen LogP contribution in [0.25, 0.3) is 17.4 Å². The van der Waals surface area contributed by atoms with Crippen LogP contribution in [0, 0.1) is 5.92 Å². The largest absolute Gasteiger partial charge is 0.376 e. The van der Waals surface area contributed by atoms with Crippen molar-refractivity contribution in [3.63, 3.8) is 0 Å². The summed E-state index contributed by atoms with van der Waals surface area (Å²) < 4.78 is 35.0. The quantitative estimate of drug-likeness (QED) is 0.689. The van der Waals surface area contributed by atoms with Crippen LogP contribution < -0.4 is 5.73 Å². The van der Waals surface area contributed by atoms with Gasteiger partial charge in [0, 0.05) is 11.8 Å². The van der Waals surface area contributed by atoms with Crippen molar-refractivity contribution in [2.75, 3.05) is 12.3 Å². The number of nitrogen functional groups attached to an aromatic ring is 1. The predicted octanol–water partition coefficient (Wildman–Crippen LogP) is 3.38. The molecule has 2 heterocycles. The molecule has 1 saturated carbocycles. The van der Waals surface area contributed by atoms with Gasteiger partial charge >= 0.3 is 0 Å². The molecule has 2 N–H and O–H groups in total. The van der Waals surface area contributed by atoms with Crippen molar-refractivity contribution in [2.24, 2.45) is 5.92 Å². The summed E-state index contributed by atoms with van der Waals surface area (Å²) in [5.74, 6) is -3.94. The minimum atomic E-state index is -2.92. The van der Waals surface area contributed by atoms with Crippen LogP contribution in [0.5, 0.6) is 0 Å². The van der Waals surface area contributed by atoms with Gasteiger partial charge in [-0.2, -0.15) is 9.97 Å². The van der Waals surface area contributed by atoms with Gasteiger partial charge in [0.15, 0.2) is 10.8 Å². The van der Waals surface area contributed by atoms with Crippen LogP contribution in [0.15, 0.2) is 42.2 Å². The molecule has 0 amide bonds. The number of anilines is 1. The number of ether oxygens (including phenoxy) is 1. The Labute approximate surface area is 152 Å². The highest BCUT2D eigenvalue weighted by Gasteiger charge is 2.63. The second-order valence-electron chi connectivity index (χ2n) is 5.96. The highest BCUT2D eigenvalue weighted by Crippen LogP contribution is 2.55. The van der Waals surface area contributed by atoms with E-state index in [1.807, 2.05) is 30.3 Å². The second-order valence-corrected chi connectivity index (χ2v) is 6.32. The summed E-state index contributed by atoms with van der Waals surface area (Å²) in [6.45, 7) is 0.215. The summed E-state index contributed by atoms with van der Waals surface area (Å²) in [7, 11) is 0. The zero-order valence-electron chi connectivity index (χ0n) is 13.4. The van der Waals surface area contributed by atoms with Gasteiger partial charge in [0.25, 0.3) is 5.92 Å². The summed E-state index contributed by atoms with van der Waals surface area (Å²) in [5.41, 5.74) is 7.04. The maximum atomic E-state index is 14.1. The Bertz CT molecular complexity index is 989. The Morgan fingerprint density at radius 3 is 2.81 bits per heavy atom. The first-order valence-electron chi connectivity index (χ1n) is 7.84. The standard InChI is InChI=1S/C17H14ClF2N5O/c18-14-13-15(24-16(21)23-14)25(9-22-13)6-11-12(17(11,19)20)8-26-7-10-4-2-1-3-5-10/h1-6,9,12H,7-8H2,(H2,21,23,24)/b11-6+. The first-order valence-corrected chi connectivity index (χ1v) is 8.22. The van der Waals surface area contributed by atoms with Crippen LogP contribution in [0.1, 0.15) is 5.56 Å². The maximum absolute atomic E-state index is 14.1. The number of fused-ring (bicyclic) bond motifs is 1. The molecule has 0 aliphatic heterocycles. The average molecular weight is 378 g/mol. The van der Waals surface area contributed by atoms with E-state index in [1.54, 1.807) is 0 Å². The van der Waals surface area contributed by atoms with Gasteiger partial charge in [-0.3, -0.25) is 4.57 Å². The Hall–Kier alpha value is -2.58. The lowest BCUT2D eigenvalue weighted by atomic mass is 10.2. The minimum Gasteiger partial charge on any atom is -0.376 e. The summed E-state index contributed by atoms with van der Waals surface area (Å²) in [4.78, 5) is 11.8. The molecule has 4 rings (SSSR count). The number of alkyl halides is 2. The number of aromatic nitrogens is 4. The number of hydrogen-bond acceptors (Lipinski definition) is 5. The van der Waals surface area contributed by atoms with Gasteiger partial charge in [-0.25, -0.2) is 13.8 Å². The molecule has 26 heavy (non-hydrogen) atoms. The molecule has 1 aromatic carbocycles. The zero-order valence-corrected chi connectivity index (χ0v) is 14.2. The molecular weight excluding hydrogens is 364 g/mol. The number of nitrogens with two attached hydrogens (primary N) is 1. The molecule has 1 fully saturated rings. The Morgan fingerprint density at radius 2 is 2.04 bits per heavy atom. The van der Waals surface area contributed by atoms with Gasteiger partial charge in [-0.15, -0.1) is 0 Å². The highest BCUT2D eigenvalue weighted by molar-refractivity contribution is 6.33. The third-order valence-electron chi connectivity index (χ3n) is 4.19. The first-order chi connectivity index (χ1) is 12.5. The smallest absolute Gasteiger partial charge is 0.280 e. The van der Waals surface area contributed by atoms with Crippen LogP contribution in [-0.2, 0) is 11.3 Å². The van der Waals surface area contributed by atoms with Crippen LogP contribution in [0.3, 0.4) is 0 Å². The highest BCUT2D eigenvalue weighted by atomic mass is 35.5. The van der Waals surface area contributed by atoms with Crippen molar-refractivity contribution in [3.8, 4) is 0 Å². The van der Waals surface area contributed by atoms with Gasteiger partial charge < -0.3 is 10.5 Å². The van der Waals surface area contributed by atoms with Crippen molar-refractivity contribution in [1.29, 1.82) is 0 Å². The van der Waals surface area contributed by atoms with Crippen molar-refractivity contribution in [1.82, 2.24) is 19.5 Å². The number of nitrogens with zero attached hydrogens (tertiary/aromatic N) is 4. The van der Waals surface area contributed by atoms with E-state index >= 15 is 0 Å². The zero-order chi connectivity index (χ0) is 18.3. The number of rotatable bonds is 5. The van der Waals surface area contributed by atoms with E-state index in [4.69, 9.17) is 22.1 Å². The molecule has 0 saturated heterocycles. The number of halogens is 3. The van der Waals surface area contributed by atoms with E-state index in [9.17, 15) is 8.78 Å². The minimum absolute atomic E-state index is 0.0434. The summed E-state index contributed by atoms with van der Waals surface area (Å²) in [6.07, 6.45) is 2.66. The van der Waals surface area contributed by atoms with Crippen LogP contribution in [0.4, 0.5) is 14.7 Å². The van der Waals surface area contributed by atoms with Crippen molar-refractivity contribution < 1.29 is 13.5 Å². The number of hydrogen-bond donors (Lipinski definition) is 1. The number of benzene rings is 1. The van der Waals surface area contributed by atoms with E-state index < -0.39 is 11.8 Å². The monoisotopic (exact) mass is 377 g/mol. The van der Waals surface area contributed by atoms with Crippen LogP contribution >= 0.6 is 11.6 Å². The topological polar surface area (TPSA) is 78.8 Å². The first kappa shape index (κ1) is 16.9. The van der Waals surface area contributed by atoms with Gasteiger partial charge in [0.2, 0.25) is 5.95 Å². The lowest BCUT2D eigenvalue weighted by Gasteiger charge is -2.02. The van der Waals surface area contributed by atoms with E-state index in [1.165, 1.54) is 17.1 Å². The fourth-order valence-corrected chi connectivity index (χ4v) is 2.96. The third-order valence-corrected chi connectivity index (χ3v) is 4.45. The SMILES string of the molecule is Nc1nc(Cl)c2ncn(/C=C3\C(COCc4ccccc4)C3(F)F)c2n1. The molecule has 0 bridgehead atoms. The molecule has 1 aliphatic carbocycles. The fourth-order valence-electron chi connectivity index (χ4n) is 2.74. The molecule has 1 aliphatic rings. The van der Waals surface area contributed by atoms with E-state index in [0.717, 1.165) is 5.56 Å². The second kappa shape index (κ2) is 6.30. The van der Waals surface area contributed by atoms with Gasteiger partial charge in [-0.1, -0.05) is 41.9 Å². The van der Waals surface area contributed by atoms with Gasteiger partial charge in [0.1, 0.15) is 11.8 Å². The van der Waals surface area contributed by atoms with Crippen molar-refractivity contribution >= 4 is 34.9 Å². The molecule has 9 heteroatoms. The molecule has 1 unspecified atom stereocenters. The van der Waals surface area contributed by atoms with E-state index in [-0.39, 0.29) is 35.5 Å². The lowest BCUT2D eigenvalue weighted by molar-refractivity contribution is 0.0509. The van der Waals surface area contributed by atoms with Gasteiger partial charge in [-0.05, 0) is 5.56 Å². The molecular formula is C17H14ClF2N5O. The van der Waals surface area contributed by atoms with Crippen molar-refractivity contribution in [2.45, 2.75) is 12.5 Å². The molecule has 6 nitrogen and oxygen atoms in total. The van der Waals surface area contributed by atoms with E-state index in [0.29, 0.717) is 5.52 Å². The third kappa shape index (κ3) is 3.02. The molecule has 3 aromatic rings. The predicted molar refractivity (Wildman–Crippen MR) is 93.6 cm³/mol. The summed E-state index contributed by atoms with van der Waals surface area (Å²) in [5, 5.41) is 0.0787. The Balaban J connectivity index is 1.51. The number of imidazole rings is 1. The average Bonchev–Trinajstić information content (AvgIpc) is 2.91. The molecule has 0 spiro atoms. The summed E-state index contributed by atoms with van der Waals surface area (Å²) in [6, 6.07) is 9.40. The van der Waals surface area contributed by atoms with E-state index in [2.05, 4.69) is 15.0 Å². The molecule has 0 radical (unpaired) electrons. The molecule has 134 valence electrons. The Kier molecular flexibility index (Phi) is 4.08.